The third kappa shape index (κ3) is 4.71. The highest BCUT2D eigenvalue weighted by molar-refractivity contribution is 6.35. The minimum absolute atomic E-state index is 0.0179. The molecule has 2 amide bonds. The molecule has 3 aromatic carbocycles. The smallest absolute Gasteiger partial charge is 0.255 e. The maximum absolute atomic E-state index is 14.2. The van der Waals surface area contributed by atoms with Gasteiger partial charge in [0.15, 0.2) is 0 Å². The molecule has 3 fully saturated rings. The second kappa shape index (κ2) is 10.7. The molecule has 196 valence electrons. The van der Waals surface area contributed by atoms with E-state index >= 15 is 0 Å². The van der Waals surface area contributed by atoms with Crippen LogP contribution >= 0.6 is 23.2 Å². The standard InChI is InChI=1S/C30H29Cl2N3O3/c31-21-10-11-24(25(32)16-21)28-27(29(36)33-38-18-19-6-2-1-3-7-19)22-8-4-5-9-23(22)30(37)35(28)26-17-34-14-12-20(26)13-15-34/h1-11,16,20,26-28H,12-15,17-18H2,(H,33,36)/t26-,27+,28-/m0/s1. The molecule has 3 aromatic rings. The van der Waals surface area contributed by atoms with Gasteiger partial charge in [0.1, 0.15) is 0 Å². The zero-order valence-electron chi connectivity index (χ0n) is 20.9. The summed E-state index contributed by atoms with van der Waals surface area (Å²) in [6.07, 6.45) is 2.07. The average molecular weight is 550 g/mol. The van der Waals surface area contributed by atoms with E-state index in [0.29, 0.717) is 32.7 Å². The molecule has 4 aliphatic heterocycles. The Bertz CT molecular complexity index is 1340. The molecular formula is C30H29Cl2N3O3. The van der Waals surface area contributed by atoms with Crippen molar-refractivity contribution in [2.75, 3.05) is 19.6 Å². The summed E-state index contributed by atoms with van der Waals surface area (Å²) < 4.78 is 0. The SMILES string of the molecule is O=C(NOCc1ccccc1)[C@@H]1c2ccccc2C(=O)N([C@H]2CN3CCC2CC3)[C@H]1c1ccc(Cl)cc1Cl. The van der Waals surface area contributed by atoms with Gasteiger partial charge >= 0.3 is 0 Å². The fraction of sp³-hybridized carbons (Fsp3) is 0.333. The lowest BCUT2D eigenvalue weighted by Gasteiger charge is -2.53. The van der Waals surface area contributed by atoms with E-state index in [2.05, 4.69) is 10.4 Å². The van der Waals surface area contributed by atoms with Crippen LogP contribution in [0, 0.1) is 5.92 Å². The van der Waals surface area contributed by atoms with Crippen LogP contribution in [0.5, 0.6) is 0 Å². The van der Waals surface area contributed by atoms with Crippen LogP contribution in [-0.4, -0.2) is 47.3 Å². The van der Waals surface area contributed by atoms with E-state index in [-0.39, 0.29) is 24.5 Å². The second-order valence-electron chi connectivity index (χ2n) is 10.3. The molecule has 1 N–H and O–H groups in total. The summed E-state index contributed by atoms with van der Waals surface area (Å²) in [7, 11) is 0. The molecule has 8 heteroatoms. The molecule has 0 aliphatic carbocycles. The first-order chi connectivity index (χ1) is 18.5. The van der Waals surface area contributed by atoms with Crippen molar-refractivity contribution in [1.82, 2.24) is 15.3 Å². The zero-order chi connectivity index (χ0) is 26.2. The number of fused-ring (bicyclic) bond motifs is 4. The number of rotatable bonds is 6. The molecule has 0 unspecified atom stereocenters. The molecule has 6 nitrogen and oxygen atoms in total. The predicted octanol–water partition coefficient (Wildman–Crippen LogP) is 5.62. The Morgan fingerprint density at radius 3 is 2.39 bits per heavy atom. The summed E-state index contributed by atoms with van der Waals surface area (Å²) in [5, 5.41) is 0.937. The van der Waals surface area contributed by atoms with Crippen molar-refractivity contribution in [2.45, 2.75) is 37.5 Å². The Morgan fingerprint density at radius 2 is 1.68 bits per heavy atom. The van der Waals surface area contributed by atoms with Crippen molar-refractivity contribution in [3.8, 4) is 0 Å². The fourth-order valence-electron chi connectivity index (χ4n) is 6.35. The Kier molecular flexibility index (Phi) is 7.14. The first kappa shape index (κ1) is 25.4. The van der Waals surface area contributed by atoms with E-state index in [1.165, 1.54) is 0 Å². The molecule has 4 heterocycles. The van der Waals surface area contributed by atoms with Gasteiger partial charge in [-0.2, -0.15) is 0 Å². The van der Waals surface area contributed by atoms with Gasteiger partial charge in [0.2, 0.25) is 0 Å². The van der Waals surface area contributed by atoms with Crippen molar-refractivity contribution in [3.05, 3.63) is 105 Å². The number of hydrogen-bond acceptors (Lipinski definition) is 4. The highest BCUT2D eigenvalue weighted by Gasteiger charge is 2.50. The number of hydrogen-bond donors (Lipinski definition) is 1. The minimum atomic E-state index is -0.714. The van der Waals surface area contributed by atoms with Crippen LogP contribution in [0.25, 0.3) is 0 Å². The van der Waals surface area contributed by atoms with Gasteiger partial charge in [-0.1, -0.05) is 77.8 Å². The van der Waals surface area contributed by atoms with Gasteiger partial charge in [0.05, 0.1) is 18.6 Å². The van der Waals surface area contributed by atoms with Crippen molar-refractivity contribution in [2.24, 2.45) is 5.92 Å². The van der Waals surface area contributed by atoms with Gasteiger partial charge in [-0.15, -0.1) is 0 Å². The maximum atomic E-state index is 14.2. The first-order valence-corrected chi connectivity index (χ1v) is 13.8. The Morgan fingerprint density at radius 1 is 0.947 bits per heavy atom. The van der Waals surface area contributed by atoms with Gasteiger partial charge in [-0.25, -0.2) is 5.48 Å². The number of carbonyl (C=O) groups excluding carboxylic acids is 2. The normalized spacial score (nSPS) is 26.2. The number of halogens is 2. The third-order valence-electron chi connectivity index (χ3n) is 8.17. The van der Waals surface area contributed by atoms with Crippen LogP contribution in [0.4, 0.5) is 0 Å². The van der Waals surface area contributed by atoms with Gasteiger partial charge in [-0.3, -0.25) is 14.4 Å². The Balaban J connectivity index is 1.42. The van der Waals surface area contributed by atoms with Crippen LogP contribution in [0.1, 0.15) is 51.8 Å². The lowest BCUT2D eigenvalue weighted by molar-refractivity contribution is -0.138. The molecule has 38 heavy (non-hydrogen) atoms. The van der Waals surface area contributed by atoms with Gasteiger partial charge in [0, 0.05) is 28.2 Å². The minimum Gasteiger partial charge on any atom is -0.326 e. The van der Waals surface area contributed by atoms with E-state index in [4.69, 9.17) is 28.0 Å². The van der Waals surface area contributed by atoms with Crippen molar-refractivity contribution in [1.29, 1.82) is 0 Å². The van der Waals surface area contributed by atoms with Crippen LogP contribution in [-0.2, 0) is 16.2 Å². The molecule has 2 bridgehead atoms. The highest BCUT2D eigenvalue weighted by atomic mass is 35.5. The quantitative estimate of drug-likeness (QED) is 0.405. The fourth-order valence-corrected chi connectivity index (χ4v) is 6.87. The summed E-state index contributed by atoms with van der Waals surface area (Å²) in [6, 6.07) is 21.7. The van der Waals surface area contributed by atoms with Crippen LogP contribution in [0.15, 0.2) is 72.8 Å². The number of amides is 2. The van der Waals surface area contributed by atoms with Crippen molar-refractivity contribution >= 4 is 35.0 Å². The van der Waals surface area contributed by atoms with Crippen LogP contribution < -0.4 is 5.48 Å². The topological polar surface area (TPSA) is 61.9 Å². The zero-order valence-corrected chi connectivity index (χ0v) is 22.4. The summed E-state index contributed by atoms with van der Waals surface area (Å²) in [5.74, 6) is -0.720. The van der Waals surface area contributed by atoms with Crippen LogP contribution in [0.3, 0.4) is 0 Å². The third-order valence-corrected chi connectivity index (χ3v) is 8.74. The predicted molar refractivity (Wildman–Crippen MR) is 147 cm³/mol. The number of benzene rings is 3. The summed E-state index contributed by atoms with van der Waals surface area (Å²) in [4.78, 5) is 38.2. The molecule has 3 saturated heterocycles. The molecule has 0 radical (unpaired) electrons. The Hall–Kier alpha value is -2.90. The molecule has 4 aliphatic rings. The number of piperidine rings is 3. The lowest BCUT2D eigenvalue weighted by Crippen LogP contribution is -2.61. The summed E-state index contributed by atoms with van der Waals surface area (Å²) in [6.45, 7) is 3.11. The van der Waals surface area contributed by atoms with E-state index < -0.39 is 12.0 Å². The molecule has 0 saturated carbocycles. The monoisotopic (exact) mass is 549 g/mol. The summed E-state index contributed by atoms with van der Waals surface area (Å²) in [5.41, 5.74) is 5.56. The lowest BCUT2D eigenvalue weighted by atomic mass is 9.75. The molecule has 0 aromatic heterocycles. The highest BCUT2D eigenvalue weighted by Crippen LogP contribution is 2.48. The average Bonchev–Trinajstić information content (AvgIpc) is 2.94. The molecule has 0 spiro atoms. The number of hydroxylamine groups is 1. The Labute approximate surface area is 232 Å². The second-order valence-corrected chi connectivity index (χ2v) is 11.2. The molecular weight excluding hydrogens is 521 g/mol. The maximum Gasteiger partial charge on any atom is 0.255 e. The van der Waals surface area contributed by atoms with E-state index in [1.54, 1.807) is 12.1 Å². The van der Waals surface area contributed by atoms with E-state index in [0.717, 1.165) is 38.0 Å². The van der Waals surface area contributed by atoms with Crippen LogP contribution in [0.2, 0.25) is 10.0 Å². The number of nitrogens with one attached hydrogen (secondary N) is 1. The first-order valence-electron chi connectivity index (χ1n) is 13.1. The van der Waals surface area contributed by atoms with Crippen molar-refractivity contribution in [3.63, 3.8) is 0 Å². The van der Waals surface area contributed by atoms with Gasteiger partial charge < -0.3 is 9.80 Å². The molecule has 3 atom stereocenters. The van der Waals surface area contributed by atoms with Gasteiger partial charge in [0.25, 0.3) is 11.8 Å². The van der Waals surface area contributed by atoms with Gasteiger partial charge in [-0.05, 0) is 66.7 Å². The van der Waals surface area contributed by atoms with E-state index in [9.17, 15) is 9.59 Å². The molecule has 7 rings (SSSR count). The van der Waals surface area contributed by atoms with Crippen molar-refractivity contribution < 1.29 is 14.4 Å². The summed E-state index contributed by atoms with van der Waals surface area (Å²) >= 11 is 13.0. The number of nitrogens with zero attached hydrogens (tertiary/aromatic N) is 2. The number of carbonyl (C=O) groups is 2. The van der Waals surface area contributed by atoms with E-state index in [1.807, 2.05) is 65.6 Å². The largest absolute Gasteiger partial charge is 0.326 e.